The van der Waals surface area contributed by atoms with Crippen LogP contribution in [-0.4, -0.2) is 35.1 Å². The van der Waals surface area contributed by atoms with Crippen molar-refractivity contribution in [1.29, 1.82) is 0 Å². The van der Waals surface area contributed by atoms with Crippen molar-refractivity contribution in [2.45, 2.75) is 71.1 Å². The maximum Gasteiger partial charge on any atom is 0.408 e. The highest BCUT2D eigenvalue weighted by atomic mass is 79.9. The number of alkyl halides is 1. The van der Waals surface area contributed by atoms with Gasteiger partial charge in [0.1, 0.15) is 17.7 Å². The maximum absolute atomic E-state index is 12.2. The Kier molecular flexibility index (Phi) is 6.97. The first-order valence-corrected chi connectivity index (χ1v) is 8.59. The van der Waals surface area contributed by atoms with Crippen LogP contribution in [0.3, 0.4) is 0 Å². The molecule has 0 heterocycles. The minimum Gasteiger partial charge on any atom is -0.461 e. The van der Waals surface area contributed by atoms with Gasteiger partial charge in [0.2, 0.25) is 0 Å². The zero-order valence-electron chi connectivity index (χ0n) is 13.3. The van der Waals surface area contributed by atoms with E-state index in [1.165, 1.54) is 0 Å². The molecule has 0 aromatic rings. The summed E-state index contributed by atoms with van der Waals surface area (Å²) < 4.78 is 10.7. The Morgan fingerprint density at radius 2 is 2.00 bits per heavy atom. The highest BCUT2D eigenvalue weighted by molar-refractivity contribution is 9.09. The van der Waals surface area contributed by atoms with Crippen LogP contribution in [0.4, 0.5) is 4.79 Å². The van der Waals surface area contributed by atoms with Crippen molar-refractivity contribution in [1.82, 2.24) is 5.32 Å². The topological polar surface area (TPSA) is 64.6 Å². The zero-order chi connectivity index (χ0) is 16.0. The molecule has 0 aliphatic heterocycles. The number of rotatable bonds is 5. The highest BCUT2D eigenvalue weighted by Crippen LogP contribution is 2.27. The van der Waals surface area contributed by atoms with E-state index in [9.17, 15) is 9.59 Å². The van der Waals surface area contributed by atoms with Crippen molar-refractivity contribution in [3.05, 3.63) is 0 Å². The first-order valence-electron chi connectivity index (χ1n) is 7.47. The lowest BCUT2D eigenvalue weighted by Crippen LogP contribution is -2.45. The molecule has 1 aliphatic carbocycles. The molecule has 1 rings (SSSR count). The summed E-state index contributed by atoms with van der Waals surface area (Å²) in [5.74, 6) is 0.218. The molecule has 2 unspecified atom stereocenters. The van der Waals surface area contributed by atoms with Crippen LogP contribution >= 0.6 is 15.9 Å². The summed E-state index contributed by atoms with van der Waals surface area (Å²) in [6.45, 7) is 7.50. The van der Waals surface area contributed by atoms with Gasteiger partial charge in [-0.25, -0.2) is 9.59 Å². The summed E-state index contributed by atoms with van der Waals surface area (Å²) in [6, 6.07) is -0.671. The molecule has 1 N–H and O–H groups in total. The monoisotopic (exact) mass is 363 g/mol. The first kappa shape index (κ1) is 18.3. The molecule has 0 radical (unpaired) electrons. The number of amides is 1. The Labute approximate surface area is 135 Å². The van der Waals surface area contributed by atoms with E-state index in [1.807, 2.05) is 0 Å². The average molecular weight is 364 g/mol. The van der Waals surface area contributed by atoms with E-state index in [-0.39, 0.29) is 12.1 Å². The number of halogens is 1. The number of carbonyl (C=O) groups excluding carboxylic acids is 2. The maximum atomic E-state index is 12.2. The van der Waals surface area contributed by atoms with Crippen LogP contribution in [0.15, 0.2) is 0 Å². The van der Waals surface area contributed by atoms with Gasteiger partial charge in [0.25, 0.3) is 0 Å². The fourth-order valence-electron chi connectivity index (χ4n) is 2.32. The van der Waals surface area contributed by atoms with E-state index >= 15 is 0 Å². The number of carbonyl (C=O) groups is 2. The fourth-order valence-corrected chi connectivity index (χ4v) is 2.77. The third-order valence-corrected chi connectivity index (χ3v) is 3.76. The lowest BCUT2D eigenvalue weighted by molar-refractivity contribution is -0.151. The van der Waals surface area contributed by atoms with Gasteiger partial charge < -0.3 is 14.8 Å². The van der Waals surface area contributed by atoms with Gasteiger partial charge in [0.15, 0.2) is 0 Å². The molecular formula is C15H26BrNO4. The third kappa shape index (κ3) is 7.16. The van der Waals surface area contributed by atoms with E-state index in [0.29, 0.717) is 17.7 Å². The molecule has 0 bridgehead atoms. The van der Waals surface area contributed by atoms with Gasteiger partial charge in [-0.3, -0.25) is 0 Å². The molecule has 0 spiro atoms. The minimum atomic E-state index is -0.671. The van der Waals surface area contributed by atoms with Crippen LogP contribution in [0.1, 0.15) is 53.4 Å². The van der Waals surface area contributed by atoms with E-state index < -0.39 is 17.7 Å². The highest BCUT2D eigenvalue weighted by Gasteiger charge is 2.30. The average Bonchev–Trinajstić information content (AvgIpc) is 2.71. The standard InChI is InChI=1S/C15H26BrNO4/c1-10-5-6-11(9-10)20-13(18)12(7-8-16)17-14(19)21-15(2,3)4/h10-12H,5-9H2,1-4H3,(H,17,19)/t10?,11?,12-/m0/s1. The second-order valence-electron chi connectivity index (χ2n) is 6.65. The Morgan fingerprint density at radius 1 is 1.33 bits per heavy atom. The van der Waals surface area contributed by atoms with Crippen LogP contribution in [0.2, 0.25) is 0 Å². The van der Waals surface area contributed by atoms with Crippen molar-refractivity contribution < 1.29 is 19.1 Å². The molecule has 21 heavy (non-hydrogen) atoms. The number of esters is 1. The lowest BCUT2D eigenvalue weighted by Gasteiger charge is -2.23. The molecule has 122 valence electrons. The number of hydrogen-bond donors (Lipinski definition) is 1. The van der Waals surface area contributed by atoms with Crippen molar-refractivity contribution in [2.24, 2.45) is 5.92 Å². The summed E-state index contributed by atoms with van der Waals surface area (Å²) in [7, 11) is 0. The van der Waals surface area contributed by atoms with E-state index in [4.69, 9.17) is 9.47 Å². The molecule has 1 amide bonds. The summed E-state index contributed by atoms with van der Waals surface area (Å²) in [4.78, 5) is 24.0. The molecule has 0 saturated heterocycles. The fraction of sp³-hybridized carbons (Fsp3) is 0.867. The quantitative estimate of drug-likeness (QED) is 0.600. The number of hydrogen-bond acceptors (Lipinski definition) is 4. The molecule has 6 heteroatoms. The zero-order valence-corrected chi connectivity index (χ0v) is 14.9. The van der Waals surface area contributed by atoms with Gasteiger partial charge in [0.05, 0.1) is 0 Å². The van der Waals surface area contributed by atoms with Crippen molar-refractivity contribution in [3.63, 3.8) is 0 Å². The smallest absolute Gasteiger partial charge is 0.408 e. The van der Waals surface area contributed by atoms with E-state index in [2.05, 4.69) is 28.2 Å². The van der Waals surface area contributed by atoms with Crippen LogP contribution in [-0.2, 0) is 14.3 Å². The van der Waals surface area contributed by atoms with Crippen molar-refractivity contribution >= 4 is 28.0 Å². The number of alkyl carbamates (subject to hydrolysis) is 1. The van der Waals surface area contributed by atoms with Crippen LogP contribution in [0.5, 0.6) is 0 Å². The summed E-state index contributed by atoms with van der Waals surface area (Å²) >= 11 is 3.29. The predicted molar refractivity (Wildman–Crippen MR) is 84.5 cm³/mol. The van der Waals surface area contributed by atoms with Crippen molar-refractivity contribution in [2.75, 3.05) is 5.33 Å². The molecule has 1 saturated carbocycles. The second kappa shape index (κ2) is 8.01. The van der Waals surface area contributed by atoms with E-state index in [0.717, 1.165) is 19.3 Å². The molecule has 3 atom stereocenters. The Balaban J connectivity index is 2.51. The van der Waals surface area contributed by atoms with E-state index in [1.54, 1.807) is 20.8 Å². The summed E-state index contributed by atoms with van der Waals surface area (Å²) in [6.07, 6.45) is 2.75. The van der Waals surface area contributed by atoms with Gasteiger partial charge in [-0.15, -0.1) is 0 Å². The van der Waals surface area contributed by atoms with Gasteiger partial charge in [0, 0.05) is 5.33 Å². The van der Waals surface area contributed by atoms with Crippen LogP contribution < -0.4 is 5.32 Å². The molecule has 1 aliphatic rings. The SMILES string of the molecule is CC1CCC(OC(=O)[C@H](CCBr)NC(=O)OC(C)(C)C)C1. The van der Waals surface area contributed by atoms with Crippen LogP contribution in [0, 0.1) is 5.92 Å². The Bertz CT molecular complexity index is 367. The normalized spacial score (nSPS) is 23.5. The first-order chi connectivity index (χ1) is 9.71. The van der Waals surface area contributed by atoms with Gasteiger partial charge in [-0.05, 0) is 52.4 Å². The number of ether oxygens (including phenoxy) is 2. The summed E-state index contributed by atoms with van der Waals surface area (Å²) in [5, 5.41) is 3.19. The number of nitrogens with one attached hydrogen (secondary N) is 1. The van der Waals surface area contributed by atoms with Gasteiger partial charge in [-0.1, -0.05) is 22.9 Å². The summed E-state index contributed by atoms with van der Waals surface area (Å²) in [5.41, 5.74) is -0.589. The molecule has 1 fully saturated rings. The van der Waals surface area contributed by atoms with Gasteiger partial charge >= 0.3 is 12.1 Å². The minimum absolute atomic E-state index is 0.0224. The third-order valence-electron chi connectivity index (χ3n) is 3.30. The Hall–Kier alpha value is -0.780. The largest absolute Gasteiger partial charge is 0.461 e. The molecule has 0 aromatic carbocycles. The lowest BCUT2D eigenvalue weighted by atomic mass is 10.1. The van der Waals surface area contributed by atoms with Crippen LogP contribution in [0.25, 0.3) is 0 Å². The predicted octanol–water partition coefficient (Wildman–Crippen LogP) is 3.40. The molecule has 0 aromatic heterocycles. The Morgan fingerprint density at radius 3 is 2.48 bits per heavy atom. The van der Waals surface area contributed by atoms with Gasteiger partial charge in [-0.2, -0.15) is 0 Å². The molecule has 5 nitrogen and oxygen atoms in total. The molecular weight excluding hydrogens is 338 g/mol. The van der Waals surface area contributed by atoms with Crippen molar-refractivity contribution in [3.8, 4) is 0 Å². The second-order valence-corrected chi connectivity index (χ2v) is 7.45.